The van der Waals surface area contributed by atoms with Gasteiger partial charge in [-0.25, -0.2) is 4.79 Å². The van der Waals surface area contributed by atoms with Gasteiger partial charge in [-0.1, -0.05) is 12.1 Å². The van der Waals surface area contributed by atoms with Crippen LogP contribution in [-0.4, -0.2) is 34.7 Å². The van der Waals surface area contributed by atoms with E-state index in [1.54, 1.807) is 12.1 Å². The normalized spacial score (nSPS) is 11.2. The Bertz CT molecular complexity index is 408. The first kappa shape index (κ1) is 16.5. The van der Waals surface area contributed by atoms with E-state index < -0.39 is 17.9 Å². The van der Waals surface area contributed by atoms with E-state index in [1.807, 2.05) is 0 Å². The van der Waals surface area contributed by atoms with Gasteiger partial charge in [0.15, 0.2) is 0 Å². The number of hydrogen-bond acceptors (Lipinski definition) is 4. The van der Waals surface area contributed by atoms with Gasteiger partial charge in [0.2, 0.25) is 5.91 Å². The van der Waals surface area contributed by atoms with Crippen molar-refractivity contribution in [2.75, 3.05) is 6.54 Å². The summed E-state index contributed by atoms with van der Waals surface area (Å²) in [7, 11) is 0. The number of carboxylic acid groups (broad SMARTS) is 1. The van der Waals surface area contributed by atoms with E-state index in [0.717, 1.165) is 0 Å². The molecule has 5 N–H and O–H groups in total. The fraction of sp³-hybridized carbons (Fsp3) is 0.273. The van der Waals surface area contributed by atoms with E-state index in [-0.39, 0.29) is 38.2 Å². The minimum Gasteiger partial charge on any atom is -0.508 e. The van der Waals surface area contributed by atoms with Crippen LogP contribution in [0.4, 0.5) is 0 Å². The van der Waals surface area contributed by atoms with Crippen LogP contribution in [0.1, 0.15) is 5.56 Å². The molecule has 0 aliphatic rings. The van der Waals surface area contributed by atoms with Crippen molar-refractivity contribution in [1.29, 1.82) is 0 Å². The van der Waals surface area contributed by atoms with Crippen molar-refractivity contribution in [2.45, 2.75) is 12.5 Å². The second kappa shape index (κ2) is 7.79. The van der Waals surface area contributed by atoms with Crippen molar-refractivity contribution < 1.29 is 39.3 Å². The fourth-order valence-electron chi connectivity index (χ4n) is 1.32. The van der Waals surface area contributed by atoms with E-state index in [4.69, 9.17) is 15.9 Å². The summed E-state index contributed by atoms with van der Waals surface area (Å²) in [6.07, 6.45) is 0.140. The molecule has 0 aliphatic carbocycles. The Morgan fingerprint density at radius 3 is 2.28 bits per heavy atom. The average molecular weight is 304 g/mol. The van der Waals surface area contributed by atoms with Crippen molar-refractivity contribution in [1.82, 2.24) is 5.32 Å². The van der Waals surface area contributed by atoms with E-state index in [0.29, 0.717) is 5.56 Å². The van der Waals surface area contributed by atoms with Crippen LogP contribution in [0.15, 0.2) is 24.3 Å². The number of nitrogens with one attached hydrogen (secondary N) is 1. The maximum absolute atomic E-state index is 11.0. The molecule has 1 aromatic rings. The minimum absolute atomic E-state index is 0. The molecule has 94 valence electrons. The molecular weight excluding hydrogens is 290 g/mol. The van der Waals surface area contributed by atoms with Gasteiger partial charge in [0, 0.05) is 25.9 Å². The van der Waals surface area contributed by atoms with Crippen LogP contribution in [0.3, 0.4) is 0 Å². The van der Waals surface area contributed by atoms with Crippen LogP contribution < -0.4 is 11.1 Å². The zero-order valence-corrected chi connectivity index (χ0v) is 12.8. The second-order valence-electron chi connectivity index (χ2n) is 3.53. The van der Waals surface area contributed by atoms with Crippen LogP contribution in [0.5, 0.6) is 5.75 Å². The first-order chi connectivity index (χ1) is 8.02. The molecule has 0 heterocycles. The van der Waals surface area contributed by atoms with Gasteiger partial charge >= 0.3 is 5.97 Å². The number of phenols is 1. The number of aromatic hydroxyl groups is 1. The molecule has 1 rings (SSSR count). The quantitative estimate of drug-likeness (QED) is 0.546. The van der Waals surface area contributed by atoms with Gasteiger partial charge in [0.05, 0.1) is 6.54 Å². The van der Waals surface area contributed by atoms with E-state index in [9.17, 15) is 9.59 Å². The summed E-state index contributed by atoms with van der Waals surface area (Å²) in [5.41, 5.74) is 5.80. The number of hydrogen-bond donors (Lipinski definition) is 4. The number of aliphatic carboxylic acids is 1. The van der Waals surface area contributed by atoms with Gasteiger partial charge in [-0.3, -0.25) is 4.79 Å². The van der Waals surface area contributed by atoms with Gasteiger partial charge in [-0.05, 0) is 17.7 Å². The largest absolute Gasteiger partial charge is 0.508 e. The molecule has 0 fully saturated rings. The molecule has 0 unspecified atom stereocenters. The van der Waals surface area contributed by atoms with Gasteiger partial charge in [0.1, 0.15) is 11.8 Å². The zero-order chi connectivity index (χ0) is 12.8. The maximum Gasteiger partial charge on any atom is 0.326 e. The SMILES string of the molecule is NCC(=O)N[C@@H](Cc1ccc(O)cc1)C(=O)O.[Zn]. The van der Waals surface area contributed by atoms with Crippen LogP contribution in [0, 0.1) is 0 Å². The molecule has 1 atom stereocenters. The van der Waals surface area contributed by atoms with Crippen LogP contribution in [0.25, 0.3) is 0 Å². The summed E-state index contributed by atoms with van der Waals surface area (Å²) in [4.78, 5) is 21.9. The zero-order valence-electron chi connectivity index (χ0n) is 9.80. The van der Waals surface area contributed by atoms with Crippen LogP contribution in [0.2, 0.25) is 0 Å². The predicted octanol–water partition coefficient (Wildman–Crippen LogP) is -0.540. The number of amides is 1. The van der Waals surface area contributed by atoms with Crippen molar-refractivity contribution >= 4 is 11.9 Å². The minimum atomic E-state index is -1.13. The monoisotopic (exact) mass is 302 g/mol. The first-order valence-electron chi connectivity index (χ1n) is 5.03. The fourth-order valence-corrected chi connectivity index (χ4v) is 1.32. The summed E-state index contributed by atoms with van der Waals surface area (Å²) in [5.74, 6) is -1.54. The summed E-state index contributed by atoms with van der Waals surface area (Å²) >= 11 is 0. The van der Waals surface area contributed by atoms with Gasteiger partial charge in [0.25, 0.3) is 0 Å². The molecule has 7 heteroatoms. The van der Waals surface area contributed by atoms with E-state index >= 15 is 0 Å². The summed E-state index contributed by atoms with van der Waals surface area (Å²) in [5, 5.41) is 20.3. The molecule has 1 amide bonds. The number of benzene rings is 1. The Morgan fingerprint density at radius 1 is 1.28 bits per heavy atom. The third kappa shape index (κ3) is 5.25. The van der Waals surface area contributed by atoms with Crippen LogP contribution in [-0.2, 0) is 35.5 Å². The van der Waals surface area contributed by atoms with E-state index in [2.05, 4.69) is 5.32 Å². The van der Waals surface area contributed by atoms with Crippen molar-refractivity contribution in [3.8, 4) is 5.75 Å². The molecule has 0 aromatic heterocycles. The number of phenolic OH excluding ortho intramolecular Hbond substituents is 1. The molecule has 0 radical (unpaired) electrons. The summed E-state index contributed by atoms with van der Waals surface area (Å²) in [6, 6.07) is 5.09. The Kier molecular flexibility index (Phi) is 7.16. The Morgan fingerprint density at radius 2 is 1.83 bits per heavy atom. The predicted molar refractivity (Wildman–Crippen MR) is 60.4 cm³/mol. The third-order valence-electron chi connectivity index (χ3n) is 2.19. The Balaban J connectivity index is 0.00000289. The molecular formula is C11H14N2O4Zn. The topological polar surface area (TPSA) is 113 Å². The first-order valence-corrected chi connectivity index (χ1v) is 5.03. The second-order valence-corrected chi connectivity index (χ2v) is 3.53. The van der Waals surface area contributed by atoms with E-state index in [1.165, 1.54) is 12.1 Å². The molecule has 6 nitrogen and oxygen atoms in total. The molecule has 0 bridgehead atoms. The average Bonchev–Trinajstić information content (AvgIpc) is 2.30. The molecule has 0 spiro atoms. The Hall–Kier alpha value is -1.46. The number of carbonyl (C=O) groups excluding carboxylic acids is 1. The van der Waals surface area contributed by atoms with Crippen LogP contribution >= 0.6 is 0 Å². The number of carboxylic acids is 1. The van der Waals surface area contributed by atoms with Gasteiger partial charge < -0.3 is 21.3 Å². The molecule has 0 aliphatic heterocycles. The van der Waals surface area contributed by atoms with Crippen molar-refractivity contribution in [3.63, 3.8) is 0 Å². The smallest absolute Gasteiger partial charge is 0.326 e. The third-order valence-corrected chi connectivity index (χ3v) is 2.19. The molecule has 1 aromatic carbocycles. The molecule has 18 heavy (non-hydrogen) atoms. The number of nitrogens with two attached hydrogens (primary N) is 1. The summed E-state index contributed by atoms with van der Waals surface area (Å²) < 4.78 is 0. The Labute approximate surface area is 117 Å². The maximum atomic E-state index is 11.0. The number of rotatable bonds is 5. The van der Waals surface area contributed by atoms with Crippen molar-refractivity contribution in [3.05, 3.63) is 29.8 Å². The molecule has 0 saturated carbocycles. The standard InChI is InChI=1S/C11H14N2O4.Zn/c12-6-10(15)13-9(11(16)17)5-7-1-3-8(14)4-2-7;/h1-4,9,14H,5-6,12H2,(H,13,15)(H,16,17);/t9-;/m0./s1. The number of carbonyl (C=O) groups is 2. The molecule has 0 saturated heterocycles. The van der Waals surface area contributed by atoms with Gasteiger partial charge in [-0.15, -0.1) is 0 Å². The summed E-state index contributed by atoms with van der Waals surface area (Å²) in [6.45, 7) is -0.251. The van der Waals surface area contributed by atoms with Crippen molar-refractivity contribution in [2.24, 2.45) is 5.73 Å². The van der Waals surface area contributed by atoms with Gasteiger partial charge in [-0.2, -0.15) is 0 Å².